The molecule has 186 valence electrons. The molecular weight excluding hydrogens is 488 g/mol. The summed E-state index contributed by atoms with van der Waals surface area (Å²) >= 11 is 1.29. The molecule has 0 aliphatic carbocycles. The number of anilines is 1. The number of fused-ring (bicyclic) bond motifs is 1. The van der Waals surface area contributed by atoms with Crippen LogP contribution in [0, 0.1) is 0 Å². The fourth-order valence-electron chi connectivity index (χ4n) is 4.23. The molecule has 1 unspecified atom stereocenters. The Hall–Kier alpha value is -4.43. The van der Waals surface area contributed by atoms with Crippen LogP contribution in [-0.2, 0) is 9.59 Å². The number of aliphatic hydroxyl groups excluding tert-OH is 1. The predicted octanol–water partition coefficient (Wildman–Crippen LogP) is 5.89. The first kappa shape index (κ1) is 24.3. The zero-order valence-corrected chi connectivity index (χ0v) is 21.1. The molecule has 4 aromatic rings. The lowest BCUT2D eigenvalue weighted by Gasteiger charge is -2.24. The maximum absolute atomic E-state index is 13.4. The summed E-state index contributed by atoms with van der Waals surface area (Å²) in [6.07, 6.45) is 3.04. The Morgan fingerprint density at radius 3 is 2.51 bits per heavy atom. The number of amides is 1. The fourth-order valence-corrected chi connectivity index (χ4v) is 5.25. The highest BCUT2D eigenvalue weighted by molar-refractivity contribution is 7.22. The Kier molecular flexibility index (Phi) is 6.74. The average molecular weight is 513 g/mol. The summed E-state index contributed by atoms with van der Waals surface area (Å²) < 4.78 is 11.7. The molecule has 0 saturated heterocycles. The van der Waals surface area contributed by atoms with Crippen molar-refractivity contribution in [3.05, 3.63) is 101 Å². The first-order chi connectivity index (χ1) is 18.0. The van der Waals surface area contributed by atoms with Crippen molar-refractivity contribution in [2.45, 2.75) is 13.0 Å². The quantitative estimate of drug-likeness (QED) is 0.296. The number of aliphatic hydroxyl groups is 1. The number of nitrogens with zero attached hydrogens (tertiary/aromatic N) is 2. The number of aromatic nitrogens is 1. The standard InChI is InChI=1S/C29H24N2O5S/c1-3-36-21-14-15-22-24(17-21)37-29(30-22)31-26(19-10-12-20(35-2)13-11-19)25(27(33)28(31)34)23(32)16-9-18-7-5-4-6-8-18/h4-17,26,33H,3H2,1-2H3/b16-9+. The molecule has 1 amide bonds. The molecule has 1 aromatic heterocycles. The summed E-state index contributed by atoms with van der Waals surface area (Å²) in [4.78, 5) is 32.8. The van der Waals surface area contributed by atoms with Gasteiger partial charge < -0.3 is 14.6 Å². The molecule has 0 radical (unpaired) electrons. The maximum atomic E-state index is 13.4. The van der Waals surface area contributed by atoms with Gasteiger partial charge in [-0.05, 0) is 54.5 Å². The zero-order valence-electron chi connectivity index (χ0n) is 20.3. The van der Waals surface area contributed by atoms with E-state index in [2.05, 4.69) is 4.98 Å². The number of benzene rings is 3. The third-order valence-electron chi connectivity index (χ3n) is 6.00. The van der Waals surface area contributed by atoms with Gasteiger partial charge >= 0.3 is 0 Å². The van der Waals surface area contributed by atoms with Crippen molar-refractivity contribution in [2.75, 3.05) is 18.6 Å². The third-order valence-corrected chi connectivity index (χ3v) is 7.02. The van der Waals surface area contributed by atoms with Gasteiger partial charge in [0.1, 0.15) is 11.5 Å². The van der Waals surface area contributed by atoms with Gasteiger partial charge in [0.25, 0.3) is 5.91 Å². The summed E-state index contributed by atoms with van der Waals surface area (Å²) in [5.41, 5.74) is 2.16. The number of methoxy groups -OCH3 is 1. The lowest BCUT2D eigenvalue weighted by molar-refractivity contribution is -0.117. The van der Waals surface area contributed by atoms with Crippen LogP contribution in [-0.4, -0.2) is 35.5 Å². The molecule has 0 spiro atoms. The van der Waals surface area contributed by atoms with E-state index in [1.165, 1.54) is 22.3 Å². The Labute approximate surface area is 217 Å². The second kappa shape index (κ2) is 10.3. The smallest absolute Gasteiger partial charge is 0.296 e. The highest BCUT2D eigenvalue weighted by Gasteiger charge is 2.45. The molecule has 1 aliphatic rings. The van der Waals surface area contributed by atoms with Gasteiger partial charge in [-0.2, -0.15) is 0 Å². The Bertz CT molecular complexity index is 1520. The summed E-state index contributed by atoms with van der Waals surface area (Å²) in [6, 6.07) is 21.0. The van der Waals surface area contributed by atoms with Crippen molar-refractivity contribution in [3.8, 4) is 11.5 Å². The van der Waals surface area contributed by atoms with E-state index in [1.54, 1.807) is 37.5 Å². The minimum Gasteiger partial charge on any atom is -0.503 e. The minimum absolute atomic E-state index is 0.00314. The summed E-state index contributed by atoms with van der Waals surface area (Å²) in [6.45, 7) is 2.44. The van der Waals surface area contributed by atoms with Gasteiger partial charge in [0.15, 0.2) is 16.7 Å². The van der Waals surface area contributed by atoms with E-state index in [-0.39, 0.29) is 5.57 Å². The van der Waals surface area contributed by atoms with Crippen LogP contribution < -0.4 is 14.4 Å². The molecule has 7 nitrogen and oxygen atoms in total. The predicted molar refractivity (Wildman–Crippen MR) is 144 cm³/mol. The van der Waals surface area contributed by atoms with E-state index in [4.69, 9.17) is 9.47 Å². The number of hydrogen-bond donors (Lipinski definition) is 1. The van der Waals surface area contributed by atoms with Crippen molar-refractivity contribution in [1.82, 2.24) is 4.98 Å². The average Bonchev–Trinajstić information content (AvgIpc) is 3.46. The number of carbonyl (C=O) groups is 2. The van der Waals surface area contributed by atoms with Crippen LogP contribution in [0.1, 0.15) is 24.1 Å². The monoisotopic (exact) mass is 512 g/mol. The highest BCUT2D eigenvalue weighted by Crippen LogP contribution is 2.44. The molecule has 1 atom stereocenters. The van der Waals surface area contributed by atoms with E-state index in [9.17, 15) is 14.7 Å². The molecule has 2 heterocycles. The van der Waals surface area contributed by atoms with Crippen LogP contribution in [0.3, 0.4) is 0 Å². The summed E-state index contributed by atoms with van der Waals surface area (Å²) in [5.74, 6) is -0.391. The van der Waals surface area contributed by atoms with E-state index in [1.807, 2.05) is 55.5 Å². The molecule has 8 heteroatoms. The minimum atomic E-state index is -0.863. The Morgan fingerprint density at radius 2 is 1.81 bits per heavy atom. The van der Waals surface area contributed by atoms with Gasteiger partial charge in [-0.25, -0.2) is 4.98 Å². The van der Waals surface area contributed by atoms with E-state index in [0.29, 0.717) is 34.3 Å². The van der Waals surface area contributed by atoms with Crippen molar-refractivity contribution < 1.29 is 24.2 Å². The lowest BCUT2D eigenvalue weighted by Crippen LogP contribution is -2.30. The zero-order chi connectivity index (χ0) is 25.9. The second-order valence-corrected chi connectivity index (χ2v) is 9.29. The van der Waals surface area contributed by atoms with Gasteiger partial charge in [0.2, 0.25) is 0 Å². The summed E-state index contributed by atoms with van der Waals surface area (Å²) in [7, 11) is 1.56. The number of ether oxygens (including phenoxy) is 2. The van der Waals surface area contributed by atoms with Crippen LogP contribution in [0.4, 0.5) is 5.13 Å². The molecule has 0 bridgehead atoms. The van der Waals surface area contributed by atoms with Crippen molar-refractivity contribution in [3.63, 3.8) is 0 Å². The number of thiazole rings is 1. The molecule has 0 saturated carbocycles. The number of rotatable bonds is 8. The van der Waals surface area contributed by atoms with Crippen molar-refractivity contribution in [2.24, 2.45) is 0 Å². The Morgan fingerprint density at radius 1 is 1.08 bits per heavy atom. The number of allylic oxidation sites excluding steroid dienone is 1. The molecule has 37 heavy (non-hydrogen) atoms. The largest absolute Gasteiger partial charge is 0.503 e. The first-order valence-corrected chi connectivity index (χ1v) is 12.5. The topological polar surface area (TPSA) is 89.0 Å². The van der Waals surface area contributed by atoms with E-state index >= 15 is 0 Å². The molecule has 5 rings (SSSR count). The van der Waals surface area contributed by atoms with Gasteiger partial charge in [-0.15, -0.1) is 0 Å². The van der Waals surface area contributed by atoms with E-state index < -0.39 is 23.5 Å². The fraction of sp³-hybridized carbons (Fsp3) is 0.138. The van der Waals surface area contributed by atoms with Crippen LogP contribution in [0.2, 0.25) is 0 Å². The van der Waals surface area contributed by atoms with Crippen LogP contribution >= 0.6 is 11.3 Å². The SMILES string of the molecule is CCOc1ccc2nc(N3C(=O)C(O)=C(C(=O)/C=C/c4ccccc4)C3c3ccc(OC)cc3)sc2c1. The van der Waals surface area contributed by atoms with Crippen LogP contribution in [0.5, 0.6) is 11.5 Å². The molecule has 1 N–H and O–H groups in total. The number of carbonyl (C=O) groups excluding carboxylic acids is 2. The van der Waals surface area contributed by atoms with Gasteiger partial charge in [0, 0.05) is 0 Å². The maximum Gasteiger partial charge on any atom is 0.296 e. The van der Waals surface area contributed by atoms with Crippen molar-refractivity contribution >= 4 is 44.5 Å². The van der Waals surface area contributed by atoms with Gasteiger partial charge in [-0.1, -0.05) is 59.9 Å². The second-order valence-electron chi connectivity index (χ2n) is 8.28. The molecule has 3 aromatic carbocycles. The number of ketones is 1. The van der Waals surface area contributed by atoms with Crippen molar-refractivity contribution in [1.29, 1.82) is 0 Å². The molecular formula is C29H24N2O5S. The molecule has 1 aliphatic heterocycles. The van der Waals surface area contributed by atoms with E-state index in [0.717, 1.165) is 10.3 Å². The normalized spacial score (nSPS) is 15.7. The lowest BCUT2D eigenvalue weighted by atomic mass is 9.95. The van der Waals surface area contributed by atoms with Gasteiger partial charge in [0.05, 0.1) is 35.5 Å². The Balaban J connectivity index is 1.58. The third kappa shape index (κ3) is 4.71. The van der Waals surface area contributed by atoms with Gasteiger partial charge in [-0.3, -0.25) is 14.5 Å². The highest BCUT2D eigenvalue weighted by atomic mass is 32.1. The molecule has 0 fully saturated rings. The first-order valence-electron chi connectivity index (χ1n) is 11.7. The van der Waals surface area contributed by atoms with Crippen LogP contribution in [0.25, 0.3) is 16.3 Å². The van der Waals surface area contributed by atoms with Crippen LogP contribution in [0.15, 0.2) is 90.2 Å². The summed E-state index contributed by atoms with van der Waals surface area (Å²) in [5, 5.41) is 11.3. The number of hydrogen-bond acceptors (Lipinski definition) is 7.